The van der Waals surface area contributed by atoms with Crippen LogP contribution in [0, 0.1) is 0 Å². The SMILES string of the molecule is CC=CC=CC(=O)N1CCCC1c1nc2ccccc2n1CC. The molecule has 0 bridgehead atoms. The molecule has 3 rings (SSSR count). The van der Waals surface area contributed by atoms with Crippen LogP contribution in [-0.4, -0.2) is 26.9 Å². The van der Waals surface area contributed by atoms with Crippen molar-refractivity contribution in [3.05, 3.63) is 54.4 Å². The van der Waals surface area contributed by atoms with Crippen molar-refractivity contribution in [3.8, 4) is 0 Å². The number of benzene rings is 1. The molecule has 0 radical (unpaired) electrons. The molecule has 0 spiro atoms. The third-order valence-electron chi connectivity index (χ3n) is 4.38. The number of para-hydroxylation sites is 2. The van der Waals surface area contributed by atoms with Gasteiger partial charge in [0.1, 0.15) is 5.82 Å². The summed E-state index contributed by atoms with van der Waals surface area (Å²) in [5.41, 5.74) is 2.15. The van der Waals surface area contributed by atoms with E-state index in [2.05, 4.69) is 17.6 Å². The largest absolute Gasteiger partial charge is 0.329 e. The van der Waals surface area contributed by atoms with E-state index in [1.807, 2.05) is 42.2 Å². The Morgan fingerprint density at radius 1 is 1.35 bits per heavy atom. The number of hydrogen-bond acceptors (Lipinski definition) is 2. The molecule has 1 aromatic carbocycles. The molecule has 1 aliphatic rings. The normalized spacial score (nSPS) is 18.7. The maximum absolute atomic E-state index is 12.5. The van der Waals surface area contributed by atoms with Crippen LogP contribution in [0.1, 0.15) is 38.6 Å². The zero-order valence-electron chi connectivity index (χ0n) is 13.8. The molecule has 1 unspecified atom stereocenters. The Morgan fingerprint density at radius 3 is 2.96 bits per heavy atom. The Labute approximate surface area is 137 Å². The van der Waals surface area contributed by atoms with E-state index in [9.17, 15) is 4.79 Å². The minimum Gasteiger partial charge on any atom is -0.329 e. The van der Waals surface area contributed by atoms with Crippen molar-refractivity contribution >= 4 is 16.9 Å². The fraction of sp³-hybridized carbons (Fsp3) is 0.368. The fourth-order valence-electron chi connectivity index (χ4n) is 3.32. The first-order valence-electron chi connectivity index (χ1n) is 8.31. The van der Waals surface area contributed by atoms with E-state index in [0.717, 1.165) is 42.8 Å². The molecule has 1 atom stereocenters. The summed E-state index contributed by atoms with van der Waals surface area (Å²) >= 11 is 0. The van der Waals surface area contributed by atoms with Crippen LogP contribution in [0.15, 0.2) is 48.6 Å². The van der Waals surface area contributed by atoms with Crippen LogP contribution in [0.5, 0.6) is 0 Å². The molecule has 1 saturated heterocycles. The van der Waals surface area contributed by atoms with Gasteiger partial charge in [0.05, 0.1) is 17.1 Å². The van der Waals surface area contributed by atoms with E-state index in [1.165, 1.54) is 0 Å². The van der Waals surface area contributed by atoms with Crippen LogP contribution in [0.25, 0.3) is 11.0 Å². The van der Waals surface area contributed by atoms with Gasteiger partial charge in [0.25, 0.3) is 0 Å². The van der Waals surface area contributed by atoms with E-state index in [-0.39, 0.29) is 11.9 Å². The third kappa shape index (κ3) is 2.93. The Morgan fingerprint density at radius 2 is 2.17 bits per heavy atom. The Balaban J connectivity index is 1.95. The molecule has 120 valence electrons. The molecular weight excluding hydrogens is 286 g/mol. The van der Waals surface area contributed by atoms with Gasteiger partial charge in [0, 0.05) is 19.2 Å². The molecule has 1 aliphatic heterocycles. The minimum absolute atomic E-state index is 0.0697. The zero-order valence-corrected chi connectivity index (χ0v) is 13.8. The monoisotopic (exact) mass is 309 g/mol. The van der Waals surface area contributed by atoms with Crippen LogP contribution in [0.2, 0.25) is 0 Å². The number of aryl methyl sites for hydroxylation is 1. The topological polar surface area (TPSA) is 38.1 Å². The van der Waals surface area contributed by atoms with Gasteiger partial charge in [-0.05, 0) is 38.8 Å². The van der Waals surface area contributed by atoms with Crippen LogP contribution < -0.4 is 0 Å². The number of allylic oxidation sites excluding steroid dienone is 3. The second-order valence-corrected chi connectivity index (χ2v) is 5.78. The van der Waals surface area contributed by atoms with Gasteiger partial charge in [-0.1, -0.05) is 30.4 Å². The van der Waals surface area contributed by atoms with Crippen LogP contribution in [0.3, 0.4) is 0 Å². The summed E-state index contributed by atoms with van der Waals surface area (Å²) in [5.74, 6) is 1.08. The molecule has 0 aliphatic carbocycles. The summed E-state index contributed by atoms with van der Waals surface area (Å²) in [6.45, 7) is 5.74. The van der Waals surface area contributed by atoms with Crippen molar-refractivity contribution in [3.63, 3.8) is 0 Å². The maximum atomic E-state index is 12.5. The highest BCUT2D eigenvalue weighted by Crippen LogP contribution is 2.33. The molecule has 23 heavy (non-hydrogen) atoms. The first-order valence-corrected chi connectivity index (χ1v) is 8.31. The van der Waals surface area contributed by atoms with Crippen LogP contribution in [-0.2, 0) is 11.3 Å². The lowest BCUT2D eigenvalue weighted by atomic mass is 10.2. The first-order chi connectivity index (χ1) is 11.3. The predicted octanol–water partition coefficient (Wildman–Crippen LogP) is 3.85. The van der Waals surface area contributed by atoms with E-state index < -0.39 is 0 Å². The number of rotatable bonds is 4. The van der Waals surface area contributed by atoms with E-state index in [4.69, 9.17) is 4.98 Å². The Bertz CT molecular complexity index is 757. The van der Waals surface area contributed by atoms with Crippen molar-refractivity contribution in [1.29, 1.82) is 0 Å². The molecule has 0 N–H and O–H groups in total. The number of likely N-dealkylation sites (tertiary alicyclic amines) is 1. The van der Waals surface area contributed by atoms with Crippen molar-refractivity contribution < 1.29 is 4.79 Å². The number of hydrogen-bond donors (Lipinski definition) is 0. The highest BCUT2D eigenvalue weighted by molar-refractivity contribution is 5.88. The molecule has 2 heterocycles. The zero-order chi connectivity index (χ0) is 16.2. The summed E-state index contributed by atoms with van der Waals surface area (Å²) in [6.07, 6.45) is 9.26. The van der Waals surface area contributed by atoms with Gasteiger partial charge in [0.2, 0.25) is 5.91 Å². The first kappa shape index (κ1) is 15.5. The fourth-order valence-corrected chi connectivity index (χ4v) is 3.32. The highest BCUT2D eigenvalue weighted by Gasteiger charge is 2.32. The van der Waals surface area contributed by atoms with Gasteiger partial charge in [0.15, 0.2) is 0 Å². The lowest BCUT2D eigenvalue weighted by molar-refractivity contribution is -0.127. The van der Waals surface area contributed by atoms with Gasteiger partial charge in [-0.3, -0.25) is 4.79 Å². The lowest BCUT2D eigenvalue weighted by Crippen LogP contribution is -2.30. The number of carbonyl (C=O) groups excluding carboxylic acids is 1. The molecule has 1 amide bonds. The number of amides is 1. The lowest BCUT2D eigenvalue weighted by Gasteiger charge is -2.23. The Kier molecular flexibility index (Phi) is 4.60. The van der Waals surface area contributed by atoms with Gasteiger partial charge < -0.3 is 9.47 Å². The summed E-state index contributed by atoms with van der Waals surface area (Å²) in [7, 11) is 0. The summed E-state index contributed by atoms with van der Waals surface area (Å²) in [6, 6.07) is 8.26. The molecule has 2 aromatic rings. The second kappa shape index (κ2) is 6.82. The van der Waals surface area contributed by atoms with Gasteiger partial charge in [-0.25, -0.2) is 4.98 Å². The smallest absolute Gasteiger partial charge is 0.247 e. The Hall–Kier alpha value is -2.36. The third-order valence-corrected chi connectivity index (χ3v) is 4.38. The maximum Gasteiger partial charge on any atom is 0.247 e. The van der Waals surface area contributed by atoms with Crippen LogP contribution in [0.4, 0.5) is 0 Å². The molecular formula is C19H23N3O. The molecule has 4 nitrogen and oxygen atoms in total. The van der Waals surface area contributed by atoms with Crippen molar-refractivity contribution in [2.75, 3.05) is 6.54 Å². The van der Waals surface area contributed by atoms with Crippen molar-refractivity contribution in [2.45, 2.75) is 39.3 Å². The van der Waals surface area contributed by atoms with Crippen molar-refractivity contribution in [1.82, 2.24) is 14.5 Å². The average Bonchev–Trinajstić information content (AvgIpc) is 3.18. The second-order valence-electron chi connectivity index (χ2n) is 5.78. The molecule has 4 heteroatoms. The van der Waals surface area contributed by atoms with Crippen LogP contribution >= 0.6 is 0 Å². The summed E-state index contributed by atoms with van der Waals surface area (Å²) in [5, 5.41) is 0. The predicted molar refractivity (Wildman–Crippen MR) is 93.0 cm³/mol. The van der Waals surface area contributed by atoms with Gasteiger partial charge >= 0.3 is 0 Å². The number of carbonyl (C=O) groups is 1. The van der Waals surface area contributed by atoms with Crippen molar-refractivity contribution in [2.24, 2.45) is 0 Å². The minimum atomic E-state index is 0.0697. The van der Waals surface area contributed by atoms with E-state index in [1.54, 1.807) is 12.2 Å². The standard InChI is InChI=1S/C19H23N3O/c1-3-5-6-13-18(23)22-14-9-12-17(22)19-20-15-10-7-8-11-16(15)21(19)4-2/h3,5-8,10-11,13,17H,4,9,12,14H2,1-2H3. The molecule has 1 aromatic heterocycles. The number of imidazole rings is 1. The average molecular weight is 309 g/mol. The summed E-state index contributed by atoms with van der Waals surface area (Å²) < 4.78 is 2.24. The molecule has 0 saturated carbocycles. The summed E-state index contributed by atoms with van der Waals surface area (Å²) in [4.78, 5) is 19.3. The molecule has 1 fully saturated rings. The van der Waals surface area contributed by atoms with Gasteiger partial charge in [-0.2, -0.15) is 0 Å². The number of aromatic nitrogens is 2. The number of nitrogens with zero attached hydrogens (tertiary/aromatic N) is 3. The number of fused-ring (bicyclic) bond motifs is 1. The van der Waals surface area contributed by atoms with E-state index >= 15 is 0 Å². The quantitative estimate of drug-likeness (QED) is 0.635. The van der Waals surface area contributed by atoms with E-state index in [0.29, 0.717) is 0 Å². The highest BCUT2D eigenvalue weighted by atomic mass is 16.2. The van der Waals surface area contributed by atoms with Gasteiger partial charge in [-0.15, -0.1) is 0 Å².